The lowest BCUT2D eigenvalue weighted by molar-refractivity contribution is 0.305. The van der Waals surface area contributed by atoms with Gasteiger partial charge < -0.3 is 5.73 Å². The summed E-state index contributed by atoms with van der Waals surface area (Å²) in [5.41, 5.74) is 5.22. The van der Waals surface area contributed by atoms with Crippen LogP contribution in [0.2, 0.25) is 0 Å². The molecule has 0 bridgehead atoms. The molecule has 4 nitrogen and oxygen atoms in total. The Bertz CT molecular complexity index is 99.1. The summed E-state index contributed by atoms with van der Waals surface area (Å²) in [5, 5.41) is 0. The maximum atomic E-state index is 9.73. The average Bonchev–Trinajstić information content (AvgIpc) is 1.61. The third-order valence-corrected chi connectivity index (χ3v) is 0.710. The van der Waals surface area contributed by atoms with E-state index in [0.717, 1.165) is 0 Å². The SMILES string of the molecule is C=C(N)CO[P+](=O)O. The highest BCUT2D eigenvalue weighted by molar-refractivity contribution is 7.32. The fourth-order valence-corrected chi connectivity index (χ4v) is 0.414. The summed E-state index contributed by atoms with van der Waals surface area (Å²) in [6.45, 7) is 3.18. The van der Waals surface area contributed by atoms with E-state index in [2.05, 4.69) is 11.1 Å². The molecule has 0 saturated carbocycles. The van der Waals surface area contributed by atoms with Gasteiger partial charge in [0.05, 0.1) is 0 Å². The van der Waals surface area contributed by atoms with E-state index < -0.39 is 8.25 Å². The molecule has 46 valence electrons. The summed E-state index contributed by atoms with van der Waals surface area (Å²) in [7, 11) is -2.52. The number of rotatable bonds is 3. The topological polar surface area (TPSA) is 72.5 Å². The molecule has 0 heterocycles. The van der Waals surface area contributed by atoms with Crippen LogP contribution in [0.1, 0.15) is 0 Å². The lowest BCUT2D eigenvalue weighted by atomic mass is 10.6. The van der Waals surface area contributed by atoms with Gasteiger partial charge in [-0.3, -0.25) is 0 Å². The Morgan fingerprint density at radius 1 is 2.00 bits per heavy atom. The molecule has 0 aliphatic rings. The quantitative estimate of drug-likeness (QED) is 0.540. The van der Waals surface area contributed by atoms with Crippen molar-refractivity contribution in [1.82, 2.24) is 0 Å². The van der Waals surface area contributed by atoms with Crippen LogP contribution < -0.4 is 5.73 Å². The normalized spacial score (nSPS) is 10.9. The van der Waals surface area contributed by atoms with Gasteiger partial charge in [0.2, 0.25) is 0 Å². The van der Waals surface area contributed by atoms with Crippen molar-refractivity contribution in [3.05, 3.63) is 12.3 Å². The van der Waals surface area contributed by atoms with Gasteiger partial charge in [0, 0.05) is 10.3 Å². The minimum atomic E-state index is -2.52. The maximum Gasteiger partial charge on any atom is 0.695 e. The van der Waals surface area contributed by atoms with Gasteiger partial charge in [0.25, 0.3) is 0 Å². The summed E-state index contributed by atoms with van der Waals surface area (Å²) < 4.78 is 13.9. The Morgan fingerprint density at radius 3 is 2.62 bits per heavy atom. The Labute approximate surface area is 47.9 Å². The molecule has 0 spiro atoms. The van der Waals surface area contributed by atoms with Crippen LogP contribution in [-0.2, 0) is 9.09 Å². The zero-order valence-corrected chi connectivity index (χ0v) is 5.10. The van der Waals surface area contributed by atoms with E-state index in [9.17, 15) is 4.57 Å². The third-order valence-electron chi connectivity index (χ3n) is 0.360. The predicted octanol–water partition coefficient (Wildman–Crippen LogP) is 0.125. The largest absolute Gasteiger partial charge is 0.695 e. The van der Waals surface area contributed by atoms with Crippen molar-refractivity contribution in [2.24, 2.45) is 5.73 Å². The lowest BCUT2D eigenvalue weighted by Crippen LogP contribution is -2.00. The number of nitrogens with two attached hydrogens (primary N) is 1. The molecular weight excluding hydrogens is 129 g/mol. The van der Waals surface area contributed by atoms with Gasteiger partial charge in [-0.2, -0.15) is 0 Å². The monoisotopic (exact) mass is 136 g/mol. The van der Waals surface area contributed by atoms with E-state index >= 15 is 0 Å². The second kappa shape index (κ2) is 3.55. The van der Waals surface area contributed by atoms with Crippen LogP contribution in [0, 0.1) is 0 Å². The molecule has 0 aromatic rings. The van der Waals surface area contributed by atoms with Gasteiger partial charge in [-0.1, -0.05) is 6.58 Å². The molecule has 0 aromatic heterocycles. The highest BCUT2D eigenvalue weighted by Gasteiger charge is 2.10. The molecule has 1 unspecified atom stereocenters. The van der Waals surface area contributed by atoms with Crippen LogP contribution >= 0.6 is 8.25 Å². The third kappa shape index (κ3) is 5.56. The highest BCUT2D eigenvalue weighted by Crippen LogP contribution is 2.13. The Morgan fingerprint density at radius 2 is 2.50 bits per heavy atom. The minimum Gasteiger partial charge on any atom is -0.400 e. The standard InChI is InChI=1S/C3H6NO3P/c1-3(4)2-7-8(5)6/h1-2,4H2/p+1. The van der Waals surface area contributed by atoms with Gasteiger partial charge in [-0.25, -0.2) is 0 Å². The number of hydrogen-bond acceptors (Lipinski definition) is 3. The Kier molecular flexibility index (Phi) is 3.35. The molecule has 0 radical (unpaired) electrons. The maximum absolute atomic E-state index is 9.73. The van der Waals surface area contributed by atoms with Crippen LogP contribution in [0.4, 0.5) is 0 Å². The molecule has 5 heteroatoms. The first-order chi connectivity index (χ1) is 3.63. The number of hydrogen-bond donors (Lipinski definition) is 2. The molecular formula is C3H7NO3P+. The van der Waals surface area contributed by atoms with Gasteiger partial charge in [-0.15, -0.1) is 9.42 Å². The van der Waals surface area contributed by atoms with E-state index in [4.69, 9.17) is 10.6 Å². The van der Waals surface area contributed by atoms with E-state index in [1.165, 1.54) is 0 Å². The van der Waals surface area contributed by atoms with Crippen molar-refractivity contribution >= 4 is 8.25 Å². The van der Waals surface area contributed by atoms with E-state index in [1.807, 2.05) is 0 Å². The van der Waals surface area contributed by atoms with Crippen molar-refractivity contribution in [1.29, 1.82) is 0 Å². The summed E-state index contributed by atoms with van der Waals surface area (Å²) >= 11 is 0. The Balaban J connectivity index is 3.18. The van der Waals surface area contributed by atoms with E-state index in [1.54, 1.807) is 0 Å². The first-order valence-corrected chi connectivity index (χ1v) is 2.98. The van der Waals surface area contributed by atoms with Crippen molar-refractivity contribution in [3.63, 3.8) is 0 Å². The van der Waals surface area contributed by atoms with Crippen LogP contribution in [-0.4, -0.2) is 11.5 Å². The predicted molar refractivity (Wildman–Crippen MR) is 29.1 cm³/mol. The molecule has 0 rings (SSSR count). The summed E-state index contributed by atoms with van der Waals surface area (Å²) in [6, 6.07) is 0. The van der Waals surface area contributed by atoms with Crippen molar-refractivity contribution in [2.75, 3.05) is 6.61 Å². The first-order valence-electron chi connectivity index (χ1n) is 1.85. The average molecular weight is 136 g/mol. The lowest BCUT2D eigenvalue weighted by Gasteiger charge is -1.84. The second-order valence-corrected chi connectivity index (χ2v) is 1.90. The molecule has 8 heavy (non-hydrogen) atoms. The van der Waals surface area contributed by atoms with Crippen LogP contribution in [0.25, 0.3) is 0 Å². The summed E-state index contributed by atoms with van der Waals surface area (Å²) in [4.78, 5) is 7.99. The molecule has 0 fully saturated rings. The van der Waals surface area contributed by atoms with Crippen LogP contribution in [0.5, 0.6) is 0 Å². The smallest absolute Gasteiger partial charge is 0.400 e. The van der Waals surface area contributed by atoms with E-state index in [0.29, 0.717) is 0 Å². The fourth-order valence-electron chi connectivity index (χ4n) is 0.138. The zero-order chi connectivity index (χ0) is 6.57. The van der Waals surface area contributed by atoms with Crippen molar-refractivity contribution in [3.8, 4) is 0 Å². The summed E-state index contributed by atoms with van der Waals surface area (Å²) in [5.74, 6) is 0. The van der Waals surface area contributed by atoms with Gasteiger partial charge >= 0.3 is 8.25 Å². The van der Waals surface area contributed by atoms with Crippen molar-refractivity contribution in [2.45, 2.75) is 0 Å². The molecule has 0 aliphatic carbocycles. The molecule has 0 amide bonds. The Hall–Kier alpha value is -0.440. The molecule has 0 saturated heterocycles. The second-order valence-electron chi connectivity index (χ2n) is 1.17. The van der Waals surface area contributed by atoms with Crippen molar-refractivity contribution < 1.29 is 14.0 Å². The molecule has 0 aliphatic heterocycles. The first kappa shape index (κ1) is 7.56. The molecule has 1 atom stereocenters. The van der Waals surface area contributed by atoms with Gasteiger partial charge in [0.1, 0.15) is 6.61 Å². The van der Waals surface area contributed by atoms with Crippen LogP contribution in [0.3, 0.4) is 0 Å². The van der Waals surface area contributed by atoms with Gasteiger partial charge in [0.15, 0.2) is 0 Å². The van der Waals surface area contributed by atoms with Gasteiger partial charge in [-0.05, 0) is 0 Å². The summed E-state index contributed by atoms with van der Waals surface area (Å²) in [6.07, 6.45) is 0. The zero-order valence-electron chi connectivity index (χ0n) is 4.20. The fraction of sp³-hybridized carbons (Fsp3) is 0.333. The minimum absolute atomic E-state index is 0.0638. The van der Waals surface area contributed by atoms with E-state index in [-0.39, 0.29) is 12.3 Å². The highest BCUT2D eigenvalue weighted by atomic mass is 31.1. The molecule has 0 aromatic carbocycles. The van der Waals surface area contributed by atoms with Crippen LogP contribution in [0.15, 0.2) is 12.3 Å². The molecule has 3 N–H and O–H groups in total.